The Bertz CT molecular complexity index is 382. The summed E-state index contributed by atoms with van der Waals surface area (Å²) in [6, 6.07) is 10.2. The van der Waals surface area contributed by atoms with Crippen LogP contribution in [0.1, 0.15) is 20.8 Å². The number of aliphatic imine (C=N–C) groups is 1. The topological polar surface area (TPSA) is 45.7 Å². The minimum absolute atomic E-state index is 0. The van der Waals surface area contributed by atoms with Crippen molar-refractivity contribution in [1.82, 2.24) is 10.6 Å². The van der Waals surface area contributed by atoms with Gasteiger partial charge in [-0.3, -0.25) is 4.99 Å². The quantitative estimate of drug-likeness (QED) is 0.339. The minimum atomic E-state index is 0. The van der Waals surface area contributed by atoms with Crippen molar-refractivity contribution in [2.75, 3.05) is 20.2 Å². The van der Waals surface area contributed by atoms with Gasteiger partial charge in [0.1, 0.15) is 12.4 Å². The van der Waals surface area contributed by atoms with Gasteiger partial charge in [0.05, 0.1) is 6.54 Å². The number of rotatable bonds is 6. The summed E-state index contributed by atoms with van der Waals surface area (Å²) in [6.45, 7) is 7.85. The van der Waals surface area contributed by atoms with Crippen LogP contribution in [-0.4, -0.2) is 32.2 Å². The first-order valence-corrected chi connectivity index (χ1v) is 6.78. The normalized spacial score (nSPS) is 12.6. The van der Waals surface area contributed by atoms with Gasteiger partial charge in [-0.2, -0.15) is 0 Å². The molecule has 0 bridgehead atoms. The number of benzene rings is 1. The largest absolute Gasteiger partial charge is 0.492 e. The molecule has 4 nitrogen and oxygen atoms in total. The van der Waals surface area contributed by atoms with Gasteiger partial charge in [-0.1, -0.05) is 32.0 Å². The zero-order chi connectivity index (χ0) is 14.1. The minimum Gasteiger partial charge on any atom is -0.492 e. The van der Waals surface area contributed by atoms with Gasteiger partial charge in [0.25, 0.3) is 0 Å². The van der Waals surface area contributed by atoms with Gasteiger partial charge in [0, 0.05) is 13.1 Å². The maximum absolute atomic E-state index is 5.61. The second-order valence-corrected chi connectivity index (χ2v) is 4.84. The lowest BCUT2D eigenvalue weighted by Crippen LogP contribution is -2.45. The molecule has 20 heavy (non-hydrogen) atoms. The Morgan fingerprint density at radius 3 is 2.40 bits per heavy atom. The van der Waals surface area contributed by atoms with Gasteiger partial charge in [-0.05, 0) is 25.0 Å². The summed E-state index contributed by atoms with van der Waals surface area (Å²) < 4.78 is 5.61. The molecule has 0 saturated carbocycles. The Hall–Kier alpha value is -0.980. The van der Waals surface area contributed by atoms with Crippen molar-refractivity contribution in [3.8, 4) is 5.75 Å². The predicted octanol–water partition coefficient (Wildman–Crippen LogP) is 2.89. The number of guanidine groups is 1. The van der Waals surface area contributed by atoms with Crippen LogP contribution in [0.4, 0.5) is 0 Å². The van der Waals surface area contributed by atoms with E-state index in [9.17, 15) is 0 Å². The average molecular weight is 391 g/mol. The first-order chi connectivity index (χ1) is 9.13. The number of para-hydroxylation sites is 1. The summed E-state index contributed by atoms with van der Waals surface area (Å²) in [7, 11) is 1.78. The van der Waals surface area contributed by atoms with Gasteiger partial charge >= 0.3 is 0 Å². The second kappa shape index (κ2) is 10.8. The van der Waals surface area contributed by atoms with E-state index in [1.54, 1.807) is 7.05 Å². The van der Waals surface area contributed by atoms with E-state index in [1.807, 2.05) is 30.3 Å². The van der Waals surface area contributed by atoms with Crippen molar-refractivity contribution in [2.24, 2.45) is 10.9 Å². The fourth-order valence-electron chi connectivity index (χ4n) is 1.43. The molecule has 1 rings (SSSR count). The smallest absolute Gasteiger partial charge is 0.191 e. The fraction of sp³-hybridized carbons (Fsp3) is 0.533. The molecule has 0 spiro atoms. The summed E-state index contributed by atoms with van der Waals surface area (Å²) in [4.78, 5) is 4.19. The zero-order valence-electron chi connectivity index (χ0n) is 12.7. The molecule has 1 unspecified atom stereocenters. The van der Waals surface area contributed by atoms with Crippen LogP contribution in [0.5, 0.6) is 5.75 Å². The van der Waals surface area contributed by atoms with E-state index in [0.717, 1.165) is 18.3 Å². The molecular weight excluding hydrogens is 365 g/mol. The molecule has 5 heteroatoms. The molecule has 1 aromatic carbocycles. The summed E-state index contributed by atoms with van der Waals surface area (Å²) >= 11 is 0. The van der Waals surface area contributed by atoms with Gasteiger partial charge in [0.15, 0.2) is 5.96 Å². The SMILES string of the molecule is CN=C(NCCOc1ccccc1)NC(C)C(C)C.I. The van der Waals surface area contributed by atoms with Gasteiger partial charge in [-0.25, -0.2) is 0 Å². The number of nitrogens with one attached hydrogen (secondary N) is 2. The molecule has 0 saturated heterocycles. The maximum Gasteiger partial charge on any atom is 0.191 e. The molecule has 0 aliphatic heterocycles. The van der Waals surface area contributed by atoms with E-state index in [1.165, 1.54) is 0 Å². The third-order valence-corrected chi connectivity index (χ3v) is 2.99. The van der Waals surface area contributed by atoms with Crippen molar-refractivity contribution in [1.29, 1.82) is 0 Å². The van der Waals surface area contributed by atoms with Crippen LogP contribution in [0.15, 0.2) is 35.3 Å². The molecule has 0 amide bonds. The monoisotopic (exact) mass is 391 g/mol. The number of ether oxygens (including phenoxy) is 1. The standard InChI is InChI=1S/C15H25N3O.HI/c1-12(2)13(3)18-15(16-4)17-10-11-19-14-8-6-5-7-9-14;/h5-9,12-13H,10-11H2,1-4H3,(H2,16,17,18);1H. The summed E-state index contributed by atoms with van der Waals surface area (Å²) in [5.74, 6) is 2.28. The summed E-state index contributed by atoms with van der Waals surface area (Å²) in [5, 5.41) is 6.59. The number of halogens is 1. The zero-order valence-corrected chi connectivity index (χ0v) is 15.0. The average Bonchev–Trinajstić information content (AvgIpc) is 2.43. The number of hydrogen-bond acceptors (Lipinski definition) is 2. The van der Waals surface area contributed by atoms with Crippen molar-refractivity contribution >= 4 is 29.9 Å². The van der Waals surface area contributed by atoms with E-state index in [0.29, 0.717) is 18.6 Å². The van der Waals surface area contributed by atoms with Gasteiger partial charge in [0.2, 0.25) is 0 Å². The predicted molar refractivity (Wildman–Crippen MR) is 96.1 cm³/mol. The van der Waals surface area contributed by atoms with Crippen molar-refractivity contribution in [3.05, 3.63) is 30.3 Å². The molecule has 1 aromatic rings. The molecule has 0 aliphatic carbocycles. The van der Waals surface area contributed by atoms with E-state index in [-0.39, 0.29) is 24.0 Å². The Balaban J connectivity index is 0.00000361. The van der Waals surface area contributed by atoms with Crippen LogP contribution < -0.4 is 15.4 Å². The van der Waals surface area contributed by atoms with E-state index >= 15 is 0 Å². The molecule has 114 valence electrons. The van der Waals surface area contributed by atoms with Crippen LogP contribution >= 0.6 is 24.0 Å². The molecular formula is C15H26IN3O. The lowest BCUT2D eigenvalue weighted by molar-refractivity contribution is 0.321. The van der Waals surface area contributed by atoms with Crippen LogP contribution in [-0.2, 0) is 0 Å². The highest BCUT2D eigenvalue weighted by molar-refractivity contribution is 14.0. The molecule has 0 fully saturated rings. The highest BCUT2D eigenvalue weighted by Gasteiger charge is 2.08. The Morgan fingerprint density at radius 2 is 1.85 bits per heavy atom. The third kappa shape index (κ3) is 7.57. The molecule has 1 atom stereocenters. The van der Waals surface area contributed by atoms with E-state index < -0.39 is 0 Å². The van der Waals surface area contributed by atoms with Crippen molar-refractivity contribution in [3.63, 3.8) is 0 Å². The Labute approximate surface area is 139 Å². The lowest BCUT2D eigenvalue weighted by Gasteiger charge is -2.20. The highest BCUT2D eigenvalue weighted by Crippen LogP contribution is 2.07. The number of nitrogens with zero attached hydrogens (tertiary/aromatic N) is 1. The van der Waals surface area contributed by atoms with E-state index in [4.69, 9.17) is 4.74 Å². The van der Waals surface area contributed by atoms with Crippen LogP contribution in [0.3, 0.4) is 0 Å². The van der Waals surface area contributed by atoms with Crippen LogP contribution in [0.25, 0.3) is 0 Å². The molecule has 0 aromatic heterocycles. The van der Waals surface area contributed by atoms with Gasteiger partial charge in [-0.15, -0.1) is 24.0 Å². The van der Waals surface area contributed by atoms with E-state index in [2.05, 4.69) is 36.4 Å². The molecule has 0 heterocycles. The van der Waals surface area contributed by atoms with Crippen LogP contribution in [0, 0.1) is 5.92 Å². The molecule has 0 aliphatic rings. The number of hydrogen-bond donors (Lipinski definition) is 2. The second-order valence-electron chi connectivity index (χ2n) is 4.84. The summed E-state index contributed by atoms with van der Waals surface area (Å²) in [5.41, 5.74) is 0. The highest BCUT2D eigenvalue weighted by atomic mass is 127. The van der Waals surface area contributed by atoms with Gasteiger partial charge < -0.3 is 15.4 Å². The lowest BCUT2D eigenvalue weighted by atomic mass is 10.1. The van der Waals surface area contributed by atoms with Crippen LogP contribution in [0.2, 0.25) is 0 Å². The first-order valence-electron chi connectivity index (χ1n) is 6.78. The Morgan fingerprint density at radius 1 is 1.20 bits per heavy atom. The maximum atomic E-state index is 5.61. The Kier molecular flexibility index (Phi) is 10.2. The van der Waals surface area contributed by atoms with Crippen molar-refractivity contribution in [2.45, 2.75) is 26.8 Å². The van der Waals surface area contributed by atoms with Crippen molar-refractivity contribution < 1.29 is 4.74 Å². The molecule has 2 N–H and O–H groups in total. The fourth-order valence-corrected chi connectivity index (χ4v) is 1.43. The summed E-state index contributed by atoms with van der Waals surface area (Å²) in [6.07, 6.45) is 0. The molecule has 0 radical (unpaired) electrons. The third-order valence-electron chi connectivity index (χ3n) is 2.99. The first kappa shape index (κ1) is 19.0.